The Labute approximate surface area is 115 Å². The number of thiophene rings is 1. The molecule has 100 valence electrons. The van der Waals surface area contributed by atoms with E-state index >= 15 is 0 Å². The molecular weight excluding hydrogens is 274 g/mol. The van der Waals surface area contributed by atoms with E-state index in [0.717, 1.165) is 5.56 Å². The maximum atomic E-state index is 11.9. The first-order valence-electron chi connectivity index (χ1n) is 5.60. The molecule has 18 heavy (non-hydrogen) atoms. The lowest BCUT2D eigenvalue weighted by Crippen LogP contribution is -2.41. The summed E-state index contributed by atoms with van der Waals surface area (Å²) in [5, 5.41) is 13.7. The summed E-state index contributed by atoms with van der Waals surface area (Å²) in [6, 6.07) is -0.879. The molecule has 4 nitrogen and oxygen atoms in total. The van der Waals surface area contributed by atoms with Crippen LogP contribution in [0.3, 0.4) is 0 Å². The van der Waals surface area contributed by atoms with Crippen LogP contribution in [0, 0.1) is 12.8 Å². The molecule has 1 aromatic heterocycles. The predicted molar refractivity (Wildman–Crippen MR) is 72.4 cm³/mol. The minimum absolute atomic E-state index is 0.187. The average Bonchev–Trinajstić information content (AvgIpc) is 2.58. The molecule has 0 spiro atoms. The first-order chi connectivity index (χ1) is 8.32. The quantitative estimate of drug-likeness (QED) is 0.876. The lowest BCUT2D eigenvalue weighted by molar-refractivity contribution is -0.139. The Morgan fingerprint density at radius 1 is 1.50 bits per heavy atom. The van der Waals surface area contributed by atoms with Crippen LogP contribution in [0.15, 0.2) is 5.38 Å². The molecule has 1 aromatic rings. The van der Waals surface area contributed by atoms with E-state index in [4.69, 9.17) is 16.7 Å². The zero-order valence-corrected chi connectivity index (χ0v) is 12.1. The van der Waals surface area contributed by atoms with Crippen molar-refractivity contribution in [3.8, 4) is 0 Å². The molecule has 0 unspecified atom stereocenters. The van der Waals surface area contributed by atoms with Crippen molar-refractivity contribution in [2.75, 3.05) is 0 Å². The van der Waals surface area contributed by atoms with E-state index in [1.807, 2.05) is 13.8 Å². The maximum absolute atomic E-state index is 11.9. The zero-order chi connectivity index (χ0) is 13.9. The topological polar surface area (TPSA) is 66.4 Å². The van der Waals surface area contributed by atoms with Crippen LogP contribution in [0.1, 0.15) is 35.5 Å². The standard InChI is InChI=1S/C12H16ClNO3S/c1-6(2)4-8(12(16)17)14-11(15)10-9(13)7(3)5-18-10/h5-6,8H,4H2,1-3H3,(H,14,15)(H,16,17)/t8-/m1/s1. The number of amides is 1. The average molecular weight is 290 g/mol. The molecule has 2 N–H and O–H groups in total. The highest BCUT2D eigenvalue weighted by molar-refractivity contribution is 7.13. The predicted octanol–water partition coefficient (Wildman–Crippen LogP) is 2.94. The number of hydrogen-bond acceptors (Lipinski definition) is 3. The summed E-state index contributed by atoms with van der Waals surface area (Å²) >= 11 is 7.19. The highest BCUT2D eigenvalue weighted by atomic mass is 35.5. The highest BCUT2D eigenvalue weighted by Crippen LogP contribution is 2.27. The van der Waals surface area contributed by atoms with Gasteiger partial charge in [0.05, 0.1) is 5.02 Å². The van der Waals surface area contributed by atoms with E-state index in [1.165, 1.54) is 11.3 Å². The van der Waals surface area contributed by atoms with E-state index in [1.54, 1.807) is 12.3 Å². The molecule has 0 bridgehead atoms. The third-order valence-corrected chi connectivity index (χ3v) is 4.11. The van der Waals surface area contributed by atoms with Gasteiger partial charge < -0.3 is 10.4 Å². The normalized spacial score (nSPS) is 12.5. The van der Waals surface area contributed by atoms with E-state index in [0.29, 0.717) is 16.3 Å². The number of carboxylic acid groups (broad SMARTS) is 1. The number of carboxylic acids is 1. The molecule has 1 rings (SSSR count). The van der Waals surface area contributed by atoms with Gasteiger partial charge in [-0.1, -0.05) is 25.4 Å². The lowest BCUT2D eigenvalue weighted by atomic mass is 10.0. The van der Waals surface area contributed by atoms with Crippen LogP contribution in [0.25, 0.3) is 0 Å². The van der Waals surface area contributed by atoms with Gasteiger partial charge in [0.25, 0.3) is 5.91 Å². The Hall–Kier alpha value is -1.07. The minimum Gasteiger partial charge on any atom is -0.480 e. The molecule has 6 heteroatoms. The Morgan fingerprint density at radius 3 is 2.50 bits per heavy atom. The number of rotatable bonds is 5. The van der Waals surface area contributed by atoms with E-state index < -0.39 is 17.9 Å². The van der Waals surface area contributed by atoms with Crippen LogP contribution in [-0.2, 0) is 4.79 Å². The number of carbonyl (C=O) groups excluding carboxylic acids is 1. The number of hydrogen-bond donors (Lipinski definition) is 2. The van der Waals surface area contributed by atoms with E-state index in [2.05, 4.69) is 5.32 Å². The fourth-order valence-corrected chi connectivity index (χ4v) is 2.68. The van der Waals surface area contributed by atoms with Gasteiger partial charge in [0, 0.05) is 0 Å². The first-order valence-corrected chi connectivity index (χ1v) is 6.86. The summed E-state index contributed by atoms with van der Waals surface area (Å²) in [5.74, 6) is -1.26. The van der Waals surface area contributed by atoms with Crippen LogP contribution in [0.5, 0.6) is 0 Å². The molecule has 0 aliphatic carbocycles. The molecule has 0 aliphatic heterocycles. The Bertz CT molecular complexity index is 456. The van der Waals surface area contributed by atoms with E-state index in [9.17, 15) is 9.59 Å². The van der Waals surface area contributed by atoms with Crippen molar-refractivity contribution >= 4 is 34.8 Å². The number of halogens is 1. The molecule has 1 amide bonds. The van der Waals surface area contributed by atoms with Gasteiger partial charge in [0.15, 0.2) is 0 Å². The second-order valence-electron chi connectivity index (χ2n) is 4.56. The highest BCUT2D eigenvalue weighted by Gasteiger charge is 2.23. The molecule has 0 radical (unpaired) electrons. The smallest absolute Gasteiger partial charge is 0.326 e. The first kappa shape index (κ1) is 15.0. The van der Waals surface area contributed by atoms with Crippen molar-refractivity contribution in [1.29, 1.82) is 0 Å². The summed E-state index contributed by atoms with van der Waals surface area (Å²) in [6.07, 6.45) is 0.392. The number of aliphatic carboxylic acids is 1. The summed E-state index contributed by atoms with van der Waals surface area (Å²) < 4.78 is 0. The van der Waals surface area contributed by atoms with Crippen LogP contribution < -0.4 is 5.32 Å². The van der Waals surface area contributed by atoms with Crippen molar-refractivity contribution < 1.29 is 14.7 Å². The van der Waals surface area contributed by atoms with Gasteiger partial charge in [-0.15, -0.1) is 11.3 Å². The largest absolute Gasteiger partial charge is 0.480 e. The Balaban J connectivity index is 2.79. The minimum atomic E-state index is -1.03. The molecule has 0 aliphatic rings. The van der Waals surface area contributed by atoms with Crippen molar-refractivity contribution in [3.63, 3.8) is 0 Å². The molecular formula is C12H16ClNO3S. The Morgan fingerprint density at radius 2 is 2.11 bits per heavy atom. The number of nitrogens with one attached hydrogen (secondary N) is 1. The summed E-state index contributed by atoms with van der Waals surface area (Å²) in [7, 11) is 0. The van der Waals surface area contributed by atoms with Crippen molar-refractivity contribution in [3.05, 3.63) is 20.8 Å². The maximum Gasteiger partial charge on any atom is 0.326 e. The lowest BCUT2D eigenvalue weighted by Gasteiger charge is -2.16. The van der Waals surface area contributed by atoms with Crippen LogP contribution in [-0.4, -0.2) is 23.0 Å². The van der Waals surface area contributed by atoms with E-state index in [-0.39, 0.29) is 5.92 Å². The zero-order valence-electron chi connectivity index (χ0n) is 10.5. The van der Waals surface area contributed by atoms with Gasteiger partial charge >= 0.3 is 5.97 Å². The molecule has 0 fully saturated rings. The number of aryl methyl sites for hydroxylation is 1. The fraction of sp³-hybridized carbons (Fsp3) is 0.500. The number of carbonyl (C=O) groups is 2. The Kier molecular flexibility index (Phi) is 5.16. The summed E-state index contributed by atoms with van der Waals surface area (Å²) in [5.41, 5.74) is 0.822. The van der Waals surface area contributed by atoms with Crippen LogP contribution in [0.2, 0.25) is 5.02 Å². The fourth-order valence-electron chi connectivity index (χ4n) is 1.50. The third-order valence-electron chi connectivity index (χ3n) is 2.42. The SMILES string of the molecule is Cc1csc(C(=O)N[C@H](CC(C)C)C(=O)O)c1Cl. The van der Waals surface area contributed by atoms with Crippen molar-refractivity contribution in [2.24, 2.45) is 5.92 Å². The van der Waals surface area contributed by atoms with Gasteiger partial charge in [-0.25, -0.2) is 4.79 Å². The third kappa shape index (κ3) is 3.71. The van der Waals surface area contributed by atoms with Crippen molar-refractivity contribution in [1.82, 2.24) is 5.32 Å². The van der Waals surface area contributed by atoms with Crippen LogP contribution >= 0.6 is 22.9 Å². The van der Waals surface area contributed by atoms with Crippen molar-refractivity contribution in [2.45, 2.75) is 33.2 Å². The van der Waals surface area contributed by atoms with Gasteiger partial charge in [0.1, 0.15) is 10.9 Å². The molecule has 1 atom stereocenters. The molecule has 1 heterocycles. The molecule has 0 saturated heterocycles. The molecule has 0 aromatic carbocycles. The van der Waals surface area contributed by atoms with Gasteiger partial charge in [0.2, 0.25) is 0 Å². The summed E-state index contributed by atoms with van der Waals surface area (Å²) in [4.78, 5) is 23.3. The van der Waals surface area contributed by atoms with Crippen LogP contribution in [0.4, 0.5) is 0 Å². The second kappa shape index (κ2) is 6.20. The van der Waals surface area contributed by atoms with Gasteiger partial charge in [-0.3, -0.25) is 4.79 Å². The summed E-state index contributed by atoms with van der Waals surface area (Å²) in [6.45, 7) is 5.62. The molecule has 0 saturated carbocycles. The monoisotopic (exact) mass is 289 g/mol. The van der Waals surface area contributed by atoms with Gasteiger partial charge in [-0.05, 0) is 30.2 Å². The van der Waals surface area contributed by atoms with Gasteiger partial charge in [-0.2, -0.15) is 0 Å². The second-order valence-corrected chi connectivity index (χ2v) is 5.81.